The van der Waals surface area contributed by atoms with Crippen molar-refractivity contribution in [3.8, 4) is 0 Å². The summed E-state index contributed by atoms with van der Waals surface area (Å²) in [6, 6.07) is 7.99. The summed E-state index contributed by atoms with van der Waals surface area (Å²) < 4.78 is 0.357. The van der Waals surface area contributed by atoms with E-state index in [9.17, 15) is 0 Å². The van der Waals surface area contributed by atoms with Gasteiger partial charge in [0.15, 0.2) is 0 Å². The third-order valence-electron chi connectivity index (χ3n) is 3.76. The molecule has 3 nitrogen and oxygen atoms in total. The van der Waals surface area contributed by atoms with Crippen molar-refractivity contribution in [2.24, 2.45) is 0 Å². The van der Waals surface area contributed by atoms with E-state index >= 15 is 0 Å². The van der Waals surface area contributed by atoms with E-state index in [1.54, 1.807) is 0 Å². The minimum Gasteiger partial charge on any atom is -0.397 e. The van der Waals surface area contributed by atoms with Crippen molar-refractivity contribution in [1.82, 2.24) is 4.98 Å². The highest BCUT2D eigenvalue weighted by Crippen LogP contribution is 2.38. The minimum atomic E-state index is 0.357. The predicted molar refractivity (Wildman–Crippen MR) is 84.7 cm³/mol. The fraction of sp³-hybridized carbons (Fsp3) is 0.400. The zero-order valence-corrected chi connectivity index (χ0v) is 12.0. The molecule has 0 aliphatic carbocycles. The summed E-state index contributed by atoms with van der Waals surface area (Å²) in [7, 11) is 0. The van der Waals surface area contributed by atoms with Crippen molar-refractivity contribution in [3.05, 3.63) is 30.5 Å². The van der Waals surface area contributed by atoms with Gasteiger partial charge in [0.2, 0.25) is 0 Å². The second-order valence-corrected chi connectivity index (χ2v) is 7.04. The zero-order valence-electron chi connectivity index (χ0n) is 11.1. The monoisotopic (exact) mass is 273 g/mol. The summed E-state index contributed by atoms with van der Waals surface area (Å²) in [4.78, 5) is 4.37. The standard InChI is InChI=1S/C15H19N3S/c1-15(7-3-9-19-15)10-18-13-6-8-17-14-11(13)4-2-5-12(14)16/h2,4-6,8H,3,7,9-10,16H2,1H3,(H,17,18). The number of para-hydroxylation sites is 1. The maximum absolute atomic E-state index is 5.97. The first-order valence-electron chi connectivity index (χ1n) is 6.69. The van der Waals surface area contributed by atoms with Crippen LogP contribution in [0.15, 0.2) is 30.5 Å². The lowest BCUT2D eigenvalue weighted by Crippen LogP contribution is -2.27. The number of thioether (sulfide) groups is 1. The van der Waals surface area contributed by atoms with Gasteiger partial charge in [0.1, 0.15) is 0 Å². The third kappa shape index (κ3) is 2.50. The van der Waals surface area contributed by atoms with Crippen LogP contribution >= 0.6 is 11.8 Å². The summed E-state index contributed by atoms with van der Waals surface area (Å²) in [5, 5.41) is 4.69. The molecule has 2 aromatic rings. The van der Waals surface area contributed by atoms with E-state index in [1.165, 1.54) is 18.6 Å². The Kier molecular flexibility index (Phi) is 3.27. The van der Waals surface area contributed by atoms with Crippen LogP contribution in [0.25, 0.3) is 10.9 Å². The molecule has 2 heterocycles. The highest BCUT2D eigenvalue weighted by Gasteiger charge is 2.29. The molecule has 1 atom stereocenters. The first-order chi connectivity index (χ1) is 9.18. The molecule has 1 aliphatic heterocycles. The summed E-state index contributed by atoms with van der Waals surface area (Å²) >= 11 is 2.07. The Hall–Kier alpha value is -1.42. The molecule has 3 rings (SSSR count). The van der Waals surface area contributed by atoms with Crippen molar-refractivity contribution in [2.75, 3.05) is 23.3 Å². The van der Waals surface area contributed by atoms with E-state index in [1.807, 2.05) is 24.4 Å². The number of nitrogen functional groups attached to an aromatic ring is 1. The second-order valence-electron chi connectivity index (χ2n) is 5.36. The molecule has 0 saturated carbocycles. The molecule has 0 amide bonds. The Balaban J connectivity index is 1.87. The lowest BCUT2D eigenvalue weighted by molar-refractivity contribution is 0.635. The van der Waals surface area contributed by atoms with E-state index < -0.39 is 0 Å². The number of pyridine rings is 1. The molecule has 0 radical (unpaired) electrons. The smallest absolute Gasteiger partial charge is 0.0951 e. The maximum atomic E-state index is 5.97. The van der Waals surface area contributed by atoms with Crippen molar-refractivity contribution in [1.29, 1.82) is 0 Å². The Bertz CT molecular complexity index is 591. The van der Waals surface area contributed by atoms with Crippen molar-refractivity contribution in [2.45, 2.75) is 24.5 Å². The molecule has 1 unspecified atom stereocenters. The van der Waals surface area contributed by atoms with Gasteiger partial charge in [-0.2, -0.15) is 11.8 Å². The molecular weight excluding hydrogens is 254 g/mol. The van der Waals surface area contributed by atoms with Gasteiger partial charge >= 0.3 is 0 Å². The number of nitrogens with zero attached hydrogens (tertiary/aromatic N) is 1. The number of rotatable bonds is 3. The fourth-order valence-corrected chi connectivity index (χ4v) is 3.86. The Morgan fingerprint density at radius 1 is 1.42 bits per heavy atom. The van der Waals surface area contributed by atoms with Crippen LogP contribution in [0, 0.1) is 0 Å². The van der Waals surface area contributed by atoms with Crippen molar-refractivity contribution < 1.29 is 0 Å². The van der Waals surface area contributed by atoms with Crippen LogP contribution < -0.4 is 11.1 Å². The number of benzene rings is 1. The van der Waals surface area contributed by atoms with Crippen molar-refractivity contribution >= 4 is 34.0 Å². The lowest BCUT2D eigenvalue weighted by Gasteiger charge is -2.24. The molecule has 3 N–H and O–H groups in total. The number of anilines is 2. The number of aromatic nitrogens is 1. The van der Waals surface area contributed by atoms with Crippen LogP contribution in [0.5, 0.6) is 0 Å². The Morgan fingerprint density at radius 2 is 2.32 bits per heavy atom. The van der Waals surface area contributed by atoms with E-state index in [-0.39, 0.29) is 0 Å². The van der Waals surface area contributed by atoms with E-state index in [0.717, 1.165) is 28.8 Å². The first-order valence-corrected chi connectivity index (χ1v) is 7.68. The average Bonchev–Trinajstić information content (AvgIpc) is 2.84. The van der Waals surface area contributed by atoms with E-state index in [0.29, 0.717) is 4.75 Å². The van der Waals surface area contributed by atoms with Crippen LogP contribution in [0.3, 0.4) is 0 Å². The highest BCUT2D eigenvalue weighted by atomic mass is 32.2. The van der Waals surface area contributed by atoms with Gasteiger partial charge in [0, 0.05) is 28.6 Å². The van der Waals surface area contributed by atoms with Gasteiger partial charge < -0.3 is 11.1 Å². The molecule has 1 aromatic carbocycles. The van der Waals surface area contributed by atoms with Crippen LogP contribution in [0.1, 0.15) is 19.8 Å². The average molecular weight is 273 g/mol. The third-order valence-corrected chi connectivity index (χ3v) is 5.29. The molecule has 19 heavy (non-hydrogen) atoms. The second kappa shape index (κ2) is 4.93. The van der Waals surface area contributed by atoms with Crippen LogP contribution in [-0.2, 0) is 0 Å². The zero-order chi connectivity index (χ0) is 13.3. The number of nitrogens with two attached hydrogens (primary N) is 1. The van der Waals surface area contributed by atoms with Gasteiger partial charge in [-0.3, -0.25) is 4.98 Å². The maximum Gasteiger partial charge on any atom is 0.0951 e. The molecular formula is C15H19N3S. The topological polar surface area (TPSA) is 50.9 Å². The minimum absolute atomic E-state index is 0.357. The van der Waals surface area contributed by atoms with Gasteiger partial charge in [0.05, 0.1) is 11.2 Å². The summed E-state index contributed by atoms with van der Waals surface area (Å²) in [5.74, 6) is 1.28. The normalized spacial score (nSPS) is 22.8. The van der Waals surface area contributed by atoms with Crippen molar-refractivity contribution in [3.63, 3.8) is 0 Å². The summed E-state index contributed by atoms with van der Waals surface area (Å²) in [6.45, 7) is 3.33. The van der Waals surface area contributed by atoms with E-state index in [4.69, 9.17) is 5.73 Å². The van der Waals surface area contributed by atoms with Gasteiger partial charge in [-0.05, 0) is 37.7 Å². The lowest BCUT2D eigenvalue weighted by atomic mass is 10.1. The van der Waals surface area contributed by atoms with Gasteiger partial charge in [-0.25, -0.2) is 0 Å². The number of fused-ring (bicyclic) bond motifs is 1. The molecule has 100 valence electrons. The number of hydrogen-bond donors (Lipinski definition) is 2. The van der Waals surface area contributed by atoms with Gasteiger partial charge in [0.25, 0.3) is 0 Å². The van der Waals surface area contributed by atoms with Gasteiger partial charge in [-0.15, -0.1) is 0 Å². The quantitative estimate of drug-likeness (QED) is 0.840. The van der Waals surface area contributed by atoms with Crippen LogP contribution in [0.4, 0.5) is 11.4 Å². The molecule has 1 aliphatic rings. The molecule has 1 saturated heterocycles. The van der Waals surface area contributed by atoms with Gasteiger partial charge in [-0.1, -0.05) is 12.1 Å². The van der Waals surface area contributed by atoms with Crippen LogP contribution in [0.2, 0.25) is 0 Å². The summed E-state index contributed by atoms with van der Waals surface area (Å²) in [6.07, 6.45) is 4.44. The summed E-state index contributed by atoms with van der Waals surface area (Å²) in [5.41, 5.74) is 8.73. The van der Waals surface area contributed by atoms with Crippen LogP contribution in [-0.4, -0.2) is 22.0 Å². The molecule has 0 spiro atoms. The fourth-order valence-electron chi connectivity index (χ4n) is 2.61. The number of hydrogen-bond acceptors (Lipinski definition) is 4. The molecule has 1 fully saturated rings. The highest BCUT2D eigenvalue weighted by molar-refractivity contribution is 8.00. The largest absolute Gasteiger partial charge is 0.397 e. The SMILES string of the molecule is CC1(CNc2ccnc3c(N)cccc23)CCCS1. The number of nitrogens with one attached hydrogen (secondary N) is 1. The first kappa shape index (κ1) is 12.6. The Labute approximate surface area is 118 Å². The molecule has 1 aromatic heterocycles. The predicted octanol–water partition coefficient (Wildman–Crippen LogP) is 3.51. The van der Waals surface area contributed by atoms with E-state index in [2.05, 4.69) is 35.1 Å². The molecule has 0 bridgehead atoms. The Morgan fingerprint density at radius 3 is 3.11 bits per heavy atom. The molecule has 4 heteroatoms.